The van der Waals surface area contributed by atoms with Gasteiger partial charge < -0.3 is 25.2 Å². The molecule has 1 aliphatic rings. The van der Waals surface area contributed by atoms with Crippen molar-refractivity contribution in [3.63, 3.8) is 0 Å². The van der Waals surface area contributed by atoms with Crippen LogP contribution in [0.5, 0.6) is 5.75 Å². The first-order chi connectivity index (χ1) is 18.8. The Kier molecular flexibility index (Phi) is 9.90. The number of ether oxygens (including phenoxy) is 2. The van der Waals surface area contributed by atoms with E-state index in [2.05, 4.69) is 10.6 Å². The van der Waals surface area contributed by atoms with Crippen LogP contribution in [0.4, 0.5) is 28.4 Å². The molecular formula is C27H31Cl3F3N3O5. The van der Waals surface area contributed by atoms with Gasteiger partial charge in [0.2, 0.25) is 3.79 Å². The van der Waals surface area contributed by atoms with Crippen molar-refractivity contribution in [3.8, 4) is 5.75 Å². The highest BCUT2D eigenvalue weighted by atomic mass is 35.6. The molecule has 0 heterocycles. The number of carbonyl (C=O) groups excluding carboxylic acids is 2. The molecule has 41 heavy (non-hydrogen) atoms. The topological polar surface area (TPSA) is 100 Å². The Morgan fingerprint density at radius 2 is 1.78 bits per heavy atom. The summed E-state index contributed by atoms with van der Waals surface area (Å²) in [7, 11) is 2.03. The van der Waals surface area contributed by atoms with Gasteiger partial charge in [-0.05, 0) is 40.7 Å². The second kappa shape index (κ2) is 12.3. The van der Waals surface area contributed by atoms with E-state index in [1.807, 2.05) is 12.1 Å². The molecule has 8 nitrogen and oxygen atoms in total. The molecule has 0 saturated carbocycles. The van der Waals surface area contributed by atoms with Crippen LogP contribution in [0.3, 0.4) is 0 Å². The maximum Gasteiger partial charge on any atom is 0.413 e. The van der Waals surface area contributed by atoms with E-state index >= 15 is 0 Å². The number of anilines is 1. The highest BCUT2D eigenvalue weighted by Crippen LogP contribution is 2.46. The minimum Gasteiger partial charge on any atom is -0.494 e. The number of hydrogen-bond acceptors (Lipinski definition) is 5. The Bertz CT molecular complexity index is 1280. The van der Waals surface area contributed by atoms with Crippen LogP contribution in [0.2, 0.25) is 0 Å². The van der Waals surface area contributed by atoms with Crippen molar-refractivity contribution < 1.29 is 37.3 Å². The molecule has 0 aromatic heterocycles. The van der Waals surface area contributed by atoms with Crippen LogP contribution < -0.4 is 15.4 Å². The third kappa shape index (κ3) is 8.03. The molecule has 1 aliphatic carbocycles. The van der Waals surface area contributed by atoms with Crippen LogP contribution in [0.15, 0.2) is 36.4 Å². The minimum atomic E-state index is -5.00. The fourth-order valence-corrected chi connectivity index (χ4v) is 4.76. The highest BCUT2D eigenvalue weighted by molar-refractivity contribution is 6.67. The summed E-state index contributed by atoms with van der Waals surface area (Å²) in [5.74, 6) is -0.327. The molecule has 3 rings (SSSR count). The van der Waals surface area contributed by atoms with Crippen molar-refractivity contribution in [2.75, 3.05) is 26.1 Å². The van der Waals surface area contributed by atoms with Crippen molar-refractivity contribution in [1.29, 1.82) is 0 Å². The van der Waals surface area contributed by atoms with Gasteiger partial charge in [-0.2, -0.15) is 13.2 Å². The predicted molar refractivity (Wildman–Crippen MR) is 151 cm³/mol. The molecule has 226 valence electrons. The van der Waals surface area contributed by atoms with Crippen molar-refractivity contribution in [1.82, 2.24) is 10.2 Å². The molecule has 2 aromatic carbocycles. The number of benzene rings is 2. The first-order valence-electron chi connectivity index (χ1n) is 12.4. The fourth-order valence-electron chi connectivity index (χ4n) is 4.59. The van der Waals surface area contributed by atoms with Gasteiger partial charge in [0.25, 0.3) is 0 Å². The van der Waals surface area contributed by atoms with Crippen molar-refractivity contribution >= 4 is 52.6 Å². The van der Waals surface area contributed by atoms with Gasteiger partial charge in [0.15, 0.2) is 6.04 Å². The molecule has 14 heteroatoms. The number of halogens is 6. The summed E-state index contributed by atoms with van der Waals surface area (Å²) in [6.45, 7) is 4.54. The summed E-state index contributed by atoms with van der Waals surface area (Å²) in [4.78, 5) is 26.0. The van der Waals surface area contributed by atoms with E-state index in [0.29, 0.717) is 22.4 Å². The molecule has 0 radical (unpaired) electrons. The zero-order valence-electron chi connectivity index (χ0n) is 22.9. The van der Waals surface area contributed by atoms with E-state index in [-0.39, 0.29) is 11.4 Å². The quantitative estimate of drug-likeness (QED) is 0.301. The van der Waals surface area contributed by atoms with E-state index < -0.39 is 57.9 Å². The summed E-state index contributed by atoms with van der Waals surface area (Å²) in [6.07, 6.45) is -7.00. The first-order valence-corrected chi connectivity index (χ1v) is 13.6. The lowest BCUT2D eigenvalue weighted by Crippen LogP contribution is -2.42. The summed E-state index contributed by atoms with van der Waals surface area (Å²) in [5.41, 5.74) is 0.762. The largest absolute Gasteiger partial charge is 0.494 e. The molecule has 0 aliphatic heterocycles. The second-order valence-corrected chi connectivity index (χ2v) is 13.2. The minimum absolute atomic E-state index is 0.0743. The van der Waals surface area contributed by atoms with E-state index in [1.165, 1.54) is 12.1 Å². The molecule has 3 amide bonds. The third-order valence-electron chi connectivity index (χ3n) is 6.59. The first kappa shape index (κ1) is 32.9. The molecule has 0 spiro atoms. The van der Waals surface area contributed by atoms with Gasteiger partial charge in [0, 0.05) is 12.6 Å². The molecule has 0 saturated heterocycles. The number of alkyl halides is 6. The van der Waals surface area contributed by atoms with Crippen molar-refractivity contribution in [3.05, 3.63) is 58.7 Å². The Labute approximate surface area is 251 Å². The van der Waals surface area contributed by atoms with E-state index in [1.54, 1.807) is 32.9 Å². The normalized spacial score (nSPS) is 17.9. The van der Waals surface area contributed by atoms with E-state index in [9.17, 15) is 27.9 Å². The van der Waals surface area contributed by atoms with Crippen molar-refractivity contribution in [2.45, 2.75) is 60.8 Å². The maximum absolute atomic E-state index is 14.6. The smallest absolute Gasteiger partial charge is 0.413 e. The fraction of sp³-hybridized carbons (Fsp3) is 0.481. The Balaban J connectivity index is 2.00. The van der Waals surface area contributed by atoms with Gasteiger partial charge in [-0.3, -0.25) is 4.90 Å². The van der Waals surface area contributed by atoms with E-state index in [4.69, 9.17) is 44.3 Å². The van der Waals surface area contributed by atoms with Crippen LogP contribution >= 0.6 is 34.8 Å². The number of nitrogens with one attached hydrogen (secondary N) is 2. The molecule has 2 aromatic rings. The van der Waals surface area contributed by atoms with Gasteiger partial charge in [0.05, 0.1) is 24.9 Å². The molecule has 1 unspecified atom stereocenters. The highest BCUT2D eigenvalue weighted by Gasteiger charge is 2.48. The Morgan fingerprint density at radius 1 is 1.15 bits per heavy atom. The lowest BCUT2D eigenvalue weighted by molar-refractivity contribution is -0.178. The number of aliphatic hydroxyl groups excluding tert-OH is 1. The Morgan fingerprint density at radius 3 is 2.32 bits per heavy atom. The van der Waals surface area contributed by atoms with Crippen LogP contribution in [0.25, 0.3) is 0 Å². The van der Waals surface area contributed by atoms with Crippen molar-refractivity contribution in [2.24, 2.45) is 0 Å². The predicted octanol–water partition coefficient (Wildman–Crippen LogP) is 6.81. The van der Waals surface area contributed by atoms with Crippen LogP contribution in [0.1, 0.15) is 55.2 Å². The number of fused-ring (bicyclic) bond motifs is 1. The van der Waals surface area contributed by atoms with E-state index in [0.717, 1.165) is 19.7 Å². The summed E-state index contributed by atoms with van der Waals surface area (Å²) >= 11 is 16.8. The summed E-state index contributed by atoms with van der Waals surface area (Å²) in [5, 5.41) is 15.9. The average Bonchev–Trinajstić information content (AvgIpc) is 3.15. The standard InChI is InChI=1S/C27H31Cl3F3N3O5/c1-25(2,3)15-11-17(22(27(31,32)33)36(4)24(39)41-13-26(28,29)30)21(40-5)19(12-15)35-23(38)34-18-10-14-8-6-7-9-16(14)20(18)37/h6-9,11-12,18,20,22,37H,10,13H2,1-5H3,(H2,34,35,38)/t18-,20+,22?/m1/s1. The summed E-state index contributed by atoms with van der Waals surface area (Å²) < 4.78 is 51.8. The number of rotatable bonds is 6. The Hall–Kier alpha value is -2.60. The monoisotopic (exact) mass is 639 g/mol. The average molecular weight is 641 g/mol. The molecule has 0 bridgehead atoms. The third-order valence-corrected chi connectivity index (χ3v) is 6.91. The SMILES string of the molecule is COc1c(NC(=O)N[C@@H]2Cc3ccccc3[C@@H]2O)cc(C(C)(C)C)cc1C(N(C)C(=O)OCC(Cl)(Cl)Cl)C(F)(F)F. The number of methoxy groups -OCH3 is 1. The van der Waals surface area contributed by atoms with Crippen LogP contribution in [-0.2, 0) is 16.6 Å². The van der Waals surface area contributed by atoms with Gasteiger partial charge in [0.1, 0.15) is 12.4 Å². The lowest BCUT2D eigenvalue weighted by Gasteiger charge is -2.33. The number of carbonyl (C=O) groups is 2. The van der Waals surface area contributed by atoms with Gasteiger partial charge in [-0.15, -0.1) is 0 Å². The number of urea groups is 1. The van der Waals surface area contributed by atoms with Gasteiger partial charge in [-0.1, -0.05) is 79.8 Å². The second-order valence-electron chi connectivity index (χ2n) is 10.7. The zero-order chi connectivity index (χ0) is 30.9. The lowest BCUT2D eigenvalue weighted by atomic mass is 9.84. The number of nitrogens with zero attached hydrogens (tertiary/aromatic N) is 1. The van der Waals surface area contributed by atoms with Gasteiger partial charge in [-0.25, -0.2) is 9.59 Å². The van der Waals surface area contributed by atoms with Crippen LogP contribution in [-0.4, -0.2) is 58.9 Å². The number of aliphatic hydroxyl groups is 1. The zero-order valence-corrected chi connectivity index (χ0v) is 25.2. The maximum atomic E-state index is 14.6. The molecule has 3 N–H and O–H groups in total. The summed E-state index contributed by atoms with van der Waals surface area (Å²) in [6, 6.07) is 5.96. The number of hydrogen-bond donors (Lipinski definition) is 3. The molecular weight excluding hydrogens is 610 g/mol. The van der Waals surface area contributed by atoms with Crippen LogP contribution in [0, 0.1) is 0 Å². The molecule has 0 fully saturated rings. The molecule has 3 atom stereocenters. The number of amides is 3. The van der Waals surface area contributed by atoms with Gasteiger partial charge >= 0.3 is 18.3 Å².